The molecule has 3 heteroatoms. The van der Waals surface area contributed by atoms with Gasteiger partial charge in [0.25, 0.3) is 6.09 Å². The van der Waals surface area contributed by atoms with Crippen molar-refractivity contribution in [2.45, 2.75) is 0 Å². The topological polar surface area (TPSA) is 24.4 Å². The Bertz CT molecular complexity index is 153. The third-order valence-electron chi connectivity index (χ3n) is 0.527. The molecular weight excluding hydrogens is 95.1 g/mol. The van der Waals surface area contributed by atoms with Crippen molar-refractivity contribution in [2.75, 3.05) is 0 Å². The van der Waals surface area contributed by atoms with Crippen LogP contribution in [-0.4, -0.2) is 6.09 Å². The molecule has 36 valence electrons. The Morgan fingerprint density at radius 1 is 1.86 bits per heavy atom. The van der Waals surface area contributed by atoms with Crippen LogP contribution in [0.5, 0.6) is 0 Å². The average Bonchev–Trinajstić information content (AvgIpc) is 1.69. The van der Waals surface area contributed by atoms with Crippen LogP contribution >= 0.6 is 0 Å². The third kappa shape index (κ3) is 0.876. The van der Waals surface area contributed by atoms with Crippen LogP contribution in [0.25, 0.3) is 0 Å². The summed E-state index contributed by atoms with van der Waals surface area (Å²) in [5.74, 6) is 0. The van der Waals surface area contributed by atoms with Crippen molar-refractivity contribution < 1.29 is 4.39 Å². The molecule has 0 aromatic heterocycles. The smallest absolute Gasteiger partial charge is 0.287 e. The summed E-state index contributed by atoms with van der Waals surface area (Å²) in [5, 5.41) is 2.20. The Labute approximate surface area is 40.1 Å². The van der Waals surface area contributed by atoms with Crippen molar-refractivity contribution in [2.24, 2.45) is 4.99 Å². The Kier molecular flexibility index (Phi) is 0.922. The molecular formula is C4H3FN2. The van der Waals surface area contributed by atoms with Gasteiger partial charge in [0.15, 0.2) is 0 Å². The fourth-order valence-electron chi connectivity index (χ4n) is 0.270. The molecule has 0 saturated carbocycles. The van der Waals surface area contributed by atoms with Gasteiger partial charge < -0.3 is 5.32 Å². The molecule has 0 unspecified atom stereocenters. The number of halogens is 1. The molecule has 0 atom stereocenters. The van der Waals surface area contributed by atoms with Crippen LogP contribution in [0.15, 0.2) is 23.1 Å². The Morgan fingerprint density at radius 2 is 2.71 bits per heavy atom. The maximum atomic E-state index is 11.7. The second-order valence-corrected chi connectivity index (χ2v) is 1.00. The molecule has 0 bridgehead atoms. The second kappa shape index (κ2) is 1.58. The lowest BCUT2D eigenvalue weighted by molar-refractivity contribution is 0.758. The van der Waals surface area contributed by atoms with Crippen molar-refractivity contribution in [3.63, 3.8) is 0 Å². The van der Waals surface area contributed by atoms with Gasteiger partial charge in [-0.15, -0.1) is 0 Å². The van der Waals surface area contributed by atoms with Gasteiger partial charge in [-0.1, -0.05) is 5.73 Å². The van der Waals surface area contributed by atoms with Crippen molar-refractivity contribution >= 4 is 6.09 Å². The van der Waals surface area contributed by atoms with Gasteiger partial charge in [-0.2, -0.15) is 4.39 Å². The molecule has 1 aliphatic heterocycles. The highest BCUT2D eigenvalue weighted by atomic mass is 19.1. The first-order chi connectivity index (χ1) is 3.39. The summed E-state index contributed by atoms with van der Waals surface area (Å²) >= 11 is 0. The van der Waals surface area contributed by atoms with E-state index in [9.17, 15) is 4.39 Å². The SMILES string of the molecule is FC1=NC=C=CN1. The normalized spacial score (nSPS) is 15.9. The van der Waals surface area contributed by atoms with E-state index in [1.165, 1.54) is 12.4 Å². The van der Waals surface area contributed by atoms with Crippen LogP contribution in [0.2, 0.25) is 0 Å². The fraction of sp³-hybridized carbons (Fsp3) is 0. The van der Waals surface area contributed by atoms with Gasteiger partial charge in [0.05, 0.1) is 6.20 Å². The van der Waals surface area contributed by atoms with Gasteiger partial charge in [-0.05, 0) is 0 Å². The summed E-state index contributed by atoms with van der Waals surface area (Å²) < 4.78 is 11.7. The number of hydrogen-bond donors (Lipinski definition) is 1. The minimum Gasteiger partial charge on any atom is -0.315 e. The molecule has 2 nitrogen and oxygen atoms in total. The van der Waals surface area contributed by atoms with Crippen LogP contribution < -0.4 is 5.32 Å². The van der Waals surface area contributed by atoms with Crippen LogP contribution in [-0.2, 0) is 0 Å². The monoisotopic (exact) mass is 98.0 g/mol. The number of nitrogens with one attached hydrogen (secondary N) is 1. The zero-order chi connectivity index (χ0) is 5.11. The molecule has 0 amide bonds. The van der Waals surface area contributed by atoms with E-state index in [4.69, 9.17) is 0 Å². The zero-order valence-electron chi connectivity index (χ0n) is 3.48. The van der Waals surface area contributed by atoms with E-state index in [0.717, 1.165) is 0 Å². The van der Waals surface area contributed by atoms with Crippen LogP contribution in [0.1, 0.15) is 0 Å². The fourth-order valence-corrected chi connectivity index (χ4v) is 0.270. The molecule has 1 aliphatic rings. The van der Waals surface area contributed by atoms with Gasteiger partial charge in [-0.3, -0.25) is 0 Å². The van der Waals surface area contributed by atoms with Crippen molar-refractivity contribution in [1.82, 2.24) is 5.32 Å². The first-order valence-electron chi connectivity index (χ1n) is 1.79. The van der Waals surface area contributed by atoms with Gasteiger partial charge in [0.2, 0.25) is 0 Å². The van der Waals surface area contributed by atoms with Crippen LogP contribution in [0, 0.1) is 0 Å². The maximum absolute atomic E-state index is 11.7. The summed E-state index contributed by atoms with van der Waals surface area (Å²) in [6.07, 6.45) is 2.02. The van der Waals surface area contributed by atoms with E-state index in [1.54, 1.807) is 0 Å². The molecule has 1 rings (SSSR count). The van der Waals surface area contributed by atoms with E-state index < -0.39 is 6.09 Å². The summed E-state index contributed by atoms with van der Waals surface area (Å²) in [4.78, 5) is 3.20. The maximum Gasteiger partial charge on any atom is 0.287 e. The third-order valence-corrected chi connectivity index (χ3v) is 0.527. The first kappa shape index (κ1) is 4.09. The summed E-state index contributed by atoms with van der Waals surface area (Å²) in [6.45, 7) is 0. The predicted molar refractivity (Wildman–Crippen MR) is 24.3 cm³/mol. The minimum absolute atomic E-state index is 0.584. The van der Waals surface area contributed by atoms with Crippen LogP contribution in [0.3, 0.4) is 0 Å². The lowest BCUT2D eigenvalue weighted by Gasteiger charge is -1.90. The largest absolute Gasteiger partial charge is 0.315 e. The quantitative estimate of drug-likeness (QED) is 0.347. The molecule has 1 heterocycles. The molecule has 0 aromatic carbocycles. The van der Waals surface area contributed by atoms with Crippen molar-refractivity contribution in [3.05, 3.63) is 18.1 Å². The van der Waals surface area contributed by atoms with Crippen LogP contribution in [0.4, 0.5) is 4.39 Å². The zero-order valence-corrected chi connectivity index (χ0v) is 3.48. The molecule has 0 saturated heterocycles. The number of aliphatic imine (C=N–C) groups is 1. The number of nitrogens with zero attached hydrogens (tertiary/aromatic N) is 1. The lowest BCUT2D eigenvalue weighted by Crippen LogP contribution is -2.11. The molecule has 7 heavy (non-hydrogen) atoms. The first-order valence-corrected chi connectivity index (χ1v) is 1.79. The molecule has 1 N–H and O–H groups in total. The van der Waals surface area contributed by atoms with Gasteiger partial charge in [-0.25, -0.2) is 4.99 Å². The highest BCUT2D eigenvalue weighted by Gasteiger charge is 1.87. The Balaban J connectivity index is 2.77. The van der Waals surface area contributed by atoms with Crippen molar-refractivity contribution in [3.8, 4) is 0 Å². The van der Waals surface area contributed by atoms with E-state index in [-0.39, 0.29) is 0 Å². The standard InChI is InChI=1S/C4H3FN2/c5-4-6-2-1-3-7-4/h2-3H,(H,6,7). The second-order valence-electron chi connectivity index (χ2n) is 1.00. The van der Waals surface area contributed by atoms with Gasteiger partial charge in [0.1, 0.15) is 0 Å². The Morgan fingerprint density at radius 3 is 3.00 bits per heavy atom. The van der Waals surface area contributed by atoms with E-state index in [1.807, 2.05) is 0 Å². The highest BCUT2D eigenvalue weighted by Crippen LogP contribution is 1.81. The minimum atomic E-state index is -0.584. The van der Waals surface area contributed by atoms with Crippen molar-refractivity contribution in [1.29, 1.82) is 0 Å². The molecule has 0 fully saturated rings. The van der Waals surface area contributed by atoms with E-state index in [2.05, 4.69) is 16.0 Å². The number of amidine groups is 1. The Hall–Kier alpha value is -1.08. The van der Waals surface area contributed by atoms with Gasteiger partial charge in [0, 0.05) is 6.20 Å². The average molecular weight is 98.1 g/mol. The molecule has 0 aliphatic carbocycles. The van der Waals surface area contributed by atoms with E-state index >= 15 is 0 Å². The molecule has 0 aromatic rings. The summed E-state index contributed by atoms with van der Waals surface area (Å²) in [7, 11) is 0. The summed E-state index contributed by atoms with van der Waals surface area (Å²) in [5.41, 5.74) is 2.53. The van der Waals surface area contributed by atoms with E-state index in [0.29, 0.717) is 0 Å². The van der Waals surface area contributed by atoms with Gasteiger partial charge >= 0.3 is 0 Å². The summed E-state index contributed by atoms with van der Waals surface area (Å²) in [6, 6.07) is 0. The number of rotatable bonds is 0. The molecule has 0 spiro atoms. The lowest BCUT2D eigenvalue weighted by atomic mass is 10.7. The highest BCUT2D eigenvalue weighted by molar-refractivity contribution is 5.74. The number of hydrogen-bond acceptors (Lipinski definition) is 2. The predicted octanol–water partition coefficient (Wildman–Crippen LogP) is 0.541. The molecule has 0 radical (unpaired) electrons.